The Morgan fingerprint density at radius 2 is 2.20 bits per heavy atom. The molecule has 1 aromatic rings. The molecular weight excluding hydrogens is 140 g/mol. The summed E-state index contributed by atoms with van der Waals surface area (Å²) >= 11 is 1.93. The number of hydrogen-bond acceptors (Lipinski definition) is 1. The molecule has 0 aromatic carbocycles. The van der Waals surface area contributed by atoms with E-state index in [1.54, 1.807) is 4.88 Å². The largest absolute Gasteiger partial charge is 0.146 e. The van der Waals surface area contributed by atoms with Gasteiger partial charge in [-0.15, -0.1) is 11.3 Å². The Labute approximate surface area is 66.9 Å². The molecule has 0 saturated heterocycles. The number of unbranched alkanes of at least 4 members (excludes halogenated alkanes) is 1. The third-order valence-corrected chi connectivity index (χ3v) is 2.63. The molecule has 0 atom stereocenters. The normalized spacial score (nSPS) is 10.2. The van der Waals surface area contributed by atoms with Crippen LogP contribution >= 0.6 is 11.3 Å². The van der Waals surface area contributed by atoms with Crippen LogP contribution in [0.15, 0.2) is 12.1 Å². The van der Waals surface area contributed by atoms with Crippen molar-refractivity contribution in [2.45, 2.75) is 33.1 Å². The standard InChI is InChI=1S/C9H14S/c1-3-4-5-9-7-6-8(2)10-9/h6-7H,3-5H2,1-2H3. The number of hydrogen-bond donors (Lipinski definition) is 0. The molecule has 1 heteroatoms. The van der Waals surface area contributed by atoms with Gasteiger partial charge in [0.25, 0.3) is 0 Å². The molecule has 1 heterocycles. The number of thiophene rings is 1. The second-order valence-electron chi connectivity index (χ2n) is 2.62. The quantitative estimate of drug-likeness (QED) is 0.626. The predicted molar refractivity (Wildman–Crippen MR) is 47.7 cm³/mol. The summed E-state index contributed by atoms with van der Waals surface area (Å²) in [6.07, 6.45) is 3.91. The molecule has 0 fully saturated rings. The van der Waals surface area contributed by atoms with E-state index in [1.807, 2.05) is 11.3 Å². The van der Waals surface area contributed by atoms with Crippen LogP contribution in [0.1, 0.15) is 29.5 Å². The Hall–Kier alpha value is -0.300. The van der Waals surface area contributed by atoms with Gasteiger partial charge >= 0.3 is 0 Å². The van der Waals surface area contributed by atoms with Gasteiger partial charge in [0.2, 0.25) is 0 Å². The van der Waals surface area contributed by atoms with E-state index in [2.05, 4.69) is 26.0 Å². The fourth-order valence-corrected chi connectivity index (χ4v) is 1.90. The van der Waals surface area contributed by atoms with E-state index in [1.165, 1.54) is 24.1 Å². The van der Waals surface area contributed by atoms with Crippen molar-refractivity contribution in [3.8, 4) is 0 Å². The second-order valence-corrected chi connectivity index (χ2v) is 3.99. The molecule has 0 amide bonds. The maximum atomic E-state index is 2.25. The first-order chi connectivity index (χ1) is 4.83. The zero-order chi connectivity index (χ0) is 7.40. The highest BCUT2D eigenvalue weighted by Crippen LogP contribution is 2.16. The zero-order valence-electron chi connectivity index (χ0n) is 6.68. The minimum atomic E-state index is 1.27. The summed E-state index contributed by atoms with van der Waals surface area (Å²) in [6.45, 7) is 4.40. The molecule has 0 aliphatic carbocycles. The van der Waals surface area contributed by atoms with Gasteiger partial charge in [0.05, 0.1) is 0 Å². The van der Waals surface area contributed by atoms with E-state index in [-0.39, 0.29) is 0 Å². The molecule has 0 N–H and O–H groups in total. The van der Waals surface area contributed by atoms with E-state index in [4.69, 9.17) is 0 Å². The average Bonchev–Trinajstić information content (AvgIpc) is 2.31. The zero-order valence-corrected chi connectivity index (χ0v) is 7.50. The second kappa shape index (κ2) is 3.77. The molecule has 0 spiro atoms. The first-order valence-corrected chi connectivity index (χ1v) is 4.70. The van der Waals surface area contributed by atoms with Crippen LogP contribution in [0.4, 0.5) is 0 Å². The fraction of sp³-hybridized carbons (Fsp3) is 0.556. The first kappa shape index (κ1) is 7.80. The van der Waals surface area contributed by atoms with Crippen LogP contribution < -0.4 is 0 Å². The lowest BCUT2D eigenvalue weighted by Gasteiger charge is -1.91. The molecule has 0 aliphatic rings. The third-order valence-electron chi connectivity index (χ3n) is 1.57. The van der Waals surface area contributed by atoms with E-state index in [0.29, 0.717) is 0 Å². The van der Waals surface area contributed by atoms with Gasteiger partial charge in [-0.1, -0.05) is 13.3 Å². The highest BCUT2D eigenvalue weighted by Gasteiger charge is 1.93. The molecule has 0 aliphatic heterocycles. The molecular formula is C9H14S. The maximum absolute atomic E-state index is 2.25. The first-order valence-electron chi connectivity index (χ1n) is 3.88. The van der Waals surface area contributed by atoms with Crippen molar-refractivity contribution < 1.29 is 0 Å². The molecule has 0 bridgehead atoms. The molecule has 0 radical (unpaired) electrons. The van der Waals surface area contributed by atoms with Gasteiger partial charge in [-0.3, -0.25) is 0 Å². The van der Waals surface area contributed by atoms with Gasteiger partial charge < -0.3 is 0 Å². The lowest BCUT2D eigenvalue weighted by atomic mass is 10.2. The van der Waals surface area contributed by atoms with Crippen molar-refractivity contribution in [3.05, 3.63) is 21.9 Å². The molecule has 56 valence electrons. The van der Waals surface area contributed by atoms with Gasteiger partial charge in [-0.05, 0) is 31.9 Å². The van der Waals surface area contributed by atoms with Crippen LogP contribution in [0.2, 0.25) is 0 Å². The topological polar surface area (TPSA) is 0 Å². The Morgan fingerprint density at radius 3 is 2.70 bits per heavy atom. The minimum Gasteiger partial charge on any atom is -0.146 e. The third kappa shape index (κ3) is 2.14. The molecule has 0 saturated carbocycles. The van der Waals surface area contributed by atoms with Crippen molar-refractivity contribution >= 4 is 11.3 Å². The molecule has 1 aromatic heterocycles. The minimum absolute atomic E-state index is 1.27. The van der Waals surface area contributed by atoms with E-state index >= 15 is 0 Å². The van der Waals surface area contributed by atoms with Gasteiger partial charge in [-0.2, -0.15) is 0 Å². The van der Waals surface area contributed by atoms with Crippen LogP contribution in [0.3, 0.4) is 0 Å². The lowest BCUT2D eigenvalue weighted by molar-refractivity contribution is 0.804. The van der Waals surface area contributed by atoms with Crippen LogP contribution in [-0.2, 0) is 6.42 Å². The van der Waals surface area contributed by atoms with E-state index < -0.39 is 0 Å². The Balaban J connectivity index is 2.42. The Kier molecular flexibility index (Phi) is 2.94. The van der Waals surface area contributed by atoms with Gasteiger partial charge in [0.1, 0.15) is 0 Å². The summed E-state index contributed by atoms with van der Waals surface area (Å²) in [5.41, 5.74) is 0. The average molecular weight is 154 g/mol. The molecule has 10 heavy (non-hydrogen) atoms. The van der Waals surface area contributed by atoms with Crippen LogP contribution in [0, 0.1) is 6.92 Å². The summed E-state index contributed by atoms with van der Waals surface area (Å²) in [4.78, 5) is 2.98. The molecule has 1 rings (SSSR count). The van der Waals surface area contributed by atoms with Crippen molar-refractivity contribution in [2.24, 2.45) is 0 Å². The summed E-state index contributed by atoms with van der Waals surface area (Å²) in [5, 5.41) is 0. The van der Waals surface area contributed by atoms with Gasteiger partial charge in [0, 0.05) is 9.75 Å². The Bertz CT molecular complexity index is 188. The highest BCUT2D eigenvalue weighted by atomic mass is 32.1. The maximum Gasteiger partial charge on any atom is 0.00480 e. The fourth-order valence-electron chi connectivity index (χ4n) is 0.970. The van der Waals surface area contributed by atoms with Crippen molar-refractivity contribution in [3.63, 3.8) is 0 Å². The monoisotopic (exact) mass is 154 g/mol. The summed E-state index contributed by atoms with van der Waals surface area (Å²) in [7, 11) is 0. The molecule has 0 nitrogen and oxygen atoms in total. The van der Waals surface area contributed by atoms with Crippen molar-refractivity contribution in [1.82, 2.24) is 0 Å². The smallest absolute Gasteiger partial charge is 0.00480 e. The van der Waals surface area contributed by atoms with Crippen LogP contribution in [0.5, 0.6) is 0 Å². The van der Waals surface area contributed by atoms with E-state index in [9.17, 15) is 0 Å². The summed E-state index contributed by atoms with van der Waals surface area (Å²) in [6, 6.07) is 4.45. The van der Waals surface area contributed by atoms with Crippen LogP contribution in [0.25, 0.3) is 0 Å². The van der Waals surface area contributed by atoms with E-state index in [0.717, 1.165) is 0 Å². The number of rotatable bonds is 3. The van der Waals surface area contributed by atoms with Gasteiger partial charge in [-0.25, -0.2) is 0 Å². The highest BCUT2D eigenvalue weighted by molar-refractivity contribution is 7.11. The Morgan fingerprint density at radius 1 is 1.40 bits per heavy atom. The molecule has 0 unspecified atom stereocenters. The lowest BCUT2D eigenvalue weighted by Crippen LogP contribution is -1.76. The summed E-state index contributed by atoms with van der Waals surface area (Å²) in [5.74, 6) is 0. The predicted octanol–water partition coefficient (Wildman–Crippen LogP) is 3.40. The number of aryl methyl sites for hydroxylation is 2. The summed E-state index contributed by atoms with van der Waals surface area (Å²) < 4.78 is 0. The van der Waals surface area contributed by atoms with Crippen molar-refractivity contribution in [2.75, 3.05) is 0 Å². The van der Waals surface area contributed by atoms with Gasteiger partial charge in [0.15, 0.2) is 0 Å². The van der Waals surface area contributed by atoms with Crippen LogP contribution in [-0.4, -0.2) is 0 Å². The van der Waals surface area contributed by atoms with Crippen molar-refractivity contribution in [1.29, 1.82) is 0 Å². The SMILES string of the molecule is CCCCc1ccc(C)s1.